The molecule has 1 unspecified atom stereocenters. The number of esters is 1. The lowest BCUT2D eigenvalue weighted by Gasteiger charge is -2.33. The second-order valence-corrected chi connectivity index (χ2v) is 9.66. The van der Waals surface area contributed by atoms with Gasteiger partial charge in [-0.2, -0.15) is 5.10 Å². The second-order valence-electron chi connectivity index (χ2n) is 9.66. The van der Waals surface area contributed by atoms with Crippen molar-refractivity contribution in [2.45, 2.75) is 32.4 Å². The van der Waals surface area contributed by atoms with E-state index in [1.807, 2.05) is 15.5 Å². The molecule has 5 heterocycles. The van der Waals surface area contributed by atoms with E-state index in [2.05, 4.69) is 15.1 Å². The number of aryl methyl sites for hydroxylation is 1. The SMILES string of the molecule is CCOC(=O)C(c1ncn2c1CCC2)n1cc2ccc(-c3ccc(N4CCN(C(=O)O)CC4)nc3)c(F)c2n1. The highest BCUT2D eigenvalue weighted by Crippen LogP contribution is 2.32. The van der Waals surface area contributed by atoms with Gasteiger partial charge in [-0.1, -0.05) is 12.1 Å². The molecule has 0 aliphatic carbocycles. The number of carbonyl (C=O) groups is 2. The monoisotopic (exact) mass is 533 g/mol. The van der Waals surface area contributed by atoms with E-state index >= 15 is 4.39 Å². The van der Waals surface area contributed by atoms with Crippen molar-refractivity contribution >= 4 is 28.8 Å². The predicted octanol–water partition coefficient (Wildman–Crippen LogP) is 3.33. The van der Waals surface area contributed by atoms with Crippen LogP contribution in [0.1, 0.15) is 30.8 Å². The molecule has 6 rings (SSSR count). The maximum Gasteiger partial charge on any atom is 0.407 e. The number of imidazole rings is 1. The van der Waals surface area contributed by atoms with Gasteiger partial charge in [0.1, 0.15) is 11.3 Å². The van der Waals surface area contributed by atoms with Crippen molar-refractivity contribution in [1.82, 2.24) is 29.2 Å². The van der Waals surface area contributed by atoms with Crippen molar-refractivity contribution in [3.63, 3.8) is 0 Å². The van der Waals surface area contributed by atoms with Crippen LogP contribution < -0.4 is 4.90 Å². The highest BCUT2D eigenvalue weighted by molar-refractivity contribution is 5.86. The summed E-state index contributed by atoms with van der Waals surface area (Å²) in [5.74, 6) is -0.281. The number of pyridine rings is 1. The van der Waals surface area contributed by atoms with Crippen LogP contribution in [0.4, 0.5) is 15.0 Å². The third-order valence-electron chi connectivity index (χ3n) is 7.39. The number of piperazine rings is 1. The Kier molecular flexibility index (Phi) is 6.37. The smallest absolute Gasteiger partial charge is 0.407 e. The maximum atomic E-state index is 15.8. The van der Waals surface area contributed by atoms with Crippen LogP contribution >= 0.6 is 0 Å². The third-order valence-corrected chi connectivity index (χ3v) is 7.39. The van der Waals surface area contributed by atoms with Gasteiger partial charge in [-0.25, -0.2) is 23.9 Å². The lowest BCUT2D eigenvalue weighted by atomic mass is 10.1. The molecule has 1 N–H and O–H groups in total. The minimum Gasteiger partial charge on any atom is -0.465 e. The summed E-state index contributed by atoms with van der Waals surface area (Å²) in [4.78, 5) is 36.6. The van der Waals surface area contributed by atoms with Crippen LogP contribution in [0.25, 0.3) is 22.0 Å². The molecule has 2 aliphatic heterocycles. The molecular weight excluding hydrogens is 505 g/mol. The quantitative estimate of drug-likeness (QED) is 0.375. The van der Waals surface area contributed by atoms with Crippen molar-refractivity contribution in [1.29, 1.82) is 0 Å². The first-order chi connectivity index (χ1) is 18.9. The van der Waals surface area contributed by atoms with Gasteiger partial charge in [0.25, 0.3) is 0 Å². The topological polar surface area (TPSA) is 119 Å². The maximum absolute atomic E-state index is 15.8. The van der Waals surface area contributed by atoms with E-state index in [0.29, 0.717) is 54.2 Å². The molecule has 2 aliphatic rings. The highest BCUT2D eigenvalue weighted by Gasteiger charge is 2.32. The van der Waals surface area contributed by atoms with Crippen LogP contribution in [-0.4, -0.2) is 79.2 Å². The van der Waals surface area contributed by atoms with E-state index in [1.165, 1.54) is 9.58 Å². The standard InChI is InChI=1S/C27H28FN7O4/c1-2-39-26(36)25(24-20-4-3-9-34(20)16-30-24)35-15-18-5-7-19(22(28)23(18)31-35)17-6-8-21(29-14-17)32-10-12-33(13-11-32)27(37)38/h5-8,14-16,25H,2-4,9-13H2,1H3,(H,37,38). The van der Waals surface area contributed by atoms with Gasteiger partial charge in [-0.3, -0.25) is 4.68 Å². The number of nitrogens with zero attached hydrogens (tertiary/aromatic N) is 7. The molecule has 1 saturated heterocycles. The zero-order valence-corrected chi connectivity index (χ0v) is 21.5. The summed E-state index contributed by atoms with van der Waals surface area (Å²) in [6, 6.07) is 6.15. The normalized spacial score (nSPS) is 15.9. The molecule has 0 radical (unpaired) electrons. The van der Waals surface area contributed by atoms with E-state index < -0.39 is 23.9 Å². The van der Waals surface area contributed by atoms with Crippen LogP contribution in [0.3, 0.4) is 0 Å². The van der Waals surface area contributed by atoms with E-state index in [0.717, 1.165) is 25.1 Å². The van der Waals surface area contributed by atoms with E-state index in [1.54, 1.807) is 43.8 Å². The molecule has 0 saturated carbocycles. The Balaban J connectivity index is 1.30. The fourth-order valence-corrected chi connectivity index (χ4v) is 5.39. The summed E-state index contributed by atoms with van der Waals surface area (Å²) in [5, 5.41) is 14.2. The third kappa shape index (κ3) is 4.45. The number of anilines is 1. The van der Waals surface area contributed by atoms with Crippen LogP contribution in [0, 0.1) is 5.82 Å². The molecule has 1 atom stereocenters. The molecule has 0 bridgehead atoms. The minimum absolute atomic E-state index is 0.145. The number of ether oxygens (including phenoxy) is 1. The molecule has 202 valence electrons. The van der Waals surface area contributed by atoms with E-state index in [9.17, 15) is 9.59 Å². The molecule has 0 spiro atoms. The lowest BCUT2D eigenvalue weighted by molar-refractivity contribution is -0.146. The number of hydrogen-bond donors (Lipinski definition) is 1. The molecule has 1 amide bonds. The van der Waals surface area contributed by atoms with Crippen molar-refractivity contribution < 1.29 is 23.8 Å². The van der Waals surface area contributed by atoms with Crippen LogP contribution in [0.5, 0.6) is 0 Å². The van der Waals surface area contributed by atoms with Crippen molar-refractivity contribution in [2.75, 3.05) is 37.7 Å². The minimum atomic E-state index is -0.923. The predicted molar refractivity (Wildman–Crippen MR) is 140 cm³/mol. The summed E-state index contributed by atoms with van der Waals surface area (Å²) < 4.78 is 24.6. The highest BCUT2D eigenvalue weighted by atomic mass is 19.1. The molecule has 12 heteroatoms. The van der Waals surface area contributed by atoms with Gasteiger partial charge in [-0.15, -0.1) is 0 Å². The first-order valence-electron chi connectivity index (χ1n) is 13.0. The van der Waals surface area contributed by atoms with Crippen molar-refractivity contribution in [3.05, 3.63) is 60.2 Å². The molecule has 1 fully saturated rings. The first-order valence-corrected chi connectivity index (χ1v) is 13.0. The number of hydrogen-bond acceptors (Lipinski definition) is 7. The number of aromatic nitrogens is 5. The van der Waals surface area contributed by atoms with Gasteiger partial charge in [0.2, 0.25) is 0 Å². The Hall–Kier alpha value is -4.48. The van der Waals surface area contributed by atoms with Gasteiger partial charge in [0, 0.05) is 67.3 Å². The second kappa shape index (κ2) is 10.0. The largest absolute Gasteiger partial charge is 0.465 e. The van der Waals surface area contributed by atoms with Gasteiger partial charge in [0.15, 0.2) is 11.9 Å². The van der Waals surface area contributed by atoms with Crippen LogP contribution in [-0.2, 0) is 22.5 Å². The number of fused-ring (bicyclic) bond motifs is 2. The summed E-state index contributed by atoms with van der Waals surface area (Å²) in [6.07, 6.45) is 5.86. The van der Waals surface area contributed by atoms with E-state index in [4.69, 9.17) is 9.84 Å². The molecule has 3 aromatic heterocycles. The van der Waals surface area contributed by atoms with Gasteiger partial charge >= 0.3 is 12.1 Å². The number of rotatable bonds is 6. The number of amides is 1. The zero-order valence-electron chi connectivity index (χ0n) is 21.5. The number of benzene rings is 1. The zero-order chi connectivity index (χ0) is 27.1. The Labute approximate surface area is 223 Å². The molecular formula is C27H28FN7O4. The average molecular weight is 534 g/mol. The molecule has 11 nitrogen and oxygen atoms in total. The van der Waals surface area contributed by atoms with Gasteiger partial charge in [0.05, 0.1) is 18.6 Å². The van der Waals surface area contributed by atoms with Gasteiger partial charge in [-0.05, 0) is 31.9 Å². The Morgan fingerprint density at radius 3 is 2.64 bits per heavy atom. The summed E-state index contributed by atoms with van der Waals surface area (Å²) >= 11 is 0. The van der Waals surface area contributed by atoms with Crippen molar-refractivity contribution in [3.8, 4) is 11.1 Å². The summed E-state index contributed by atoms with van der Waals surface area (Å²) in [7, 11) is 0. The summed E-state index contributed by atoms with van der Waals surface area (Å²) in [6.45, 7) is 4.69. The van der Waals surface area contributed by atoms with E-state index in [-0.39, 0.29) is 12.1 Å². The Morgan fingerprint density at radius 2 is 1.92 bits per heavy atom. The first kappa shape index (κ1) is 24.8. The molecule has 39 heavy (non-hydrogen) atoms. The van der Waals surface area contributed by atoms with Crippen molar-refractivity contribution in [2.24, 2.45) is 0 Å². The summed E-state index contributed by atoms with van der Waals surface area (Å²) in [5.41, 5.74) is 2.64. The molecule has 4 aromatic rings. The van der Waals surface area contributed by atoms with Crippen LogP contribution in [0.2, 0.25) is 0 Å². The fourth-order valence-electron chi connectivity index (χ4n) is 5.39. The average Bonchev–Trinajstić information content (AvgIpc) is 3.67. The molecule has 1 aromatic carbocycles. The number of carboxylic acid groups (broad SMARTS) is 1. The fraction of sp³-hybridized carbons (Fsp3) is 0.370. The van der Waals surface area contributed by atoms with Crippen LogP contribution in [0.15, 0.2) is 43.0 Å². The van der Waals surface area contributed by atoms with Gasteiger partial charge < -0.3 is 24.2 Å². The number of carbonyl (C=O) groups excluding carboxylic acids is 1. The Bertz CT molecular complexity index is 1540. The lowest BCUT2D eigenvalue weighted by Crippen LogP contribution is -2.48. The Morgan fingerprint density at radius 1 is 1.10 bits per heavy atom. The number of halogens is 1.